The van der Waals surface area contributed by atoms with Crippen LogP contribution >= 0.6 is 15.9 Å². The molecule has 0 fully saturated rings. The zero-order valence-corrected chi connectivity index (χ0v) is 20.0. The number of aromatic amines is 2. The summed E-state index contributed by atoms with van der Waals surface area (Å²) in [6, 6.07) is 13.5. The second-order valence-corrected chi connectivity index (χ2v) is 9.08. The zero-order valence-electron chi connectivity index (χ0n) is 18.4. The fourth-order valence-corrected chi connectivity index (χ4v) is 4.56. The van der Waals surface area contributed by atoms with Gasteiger partial charge in [0.25, 0.3) is 5.56 Å². The van der Waals surface area contributed by atoms with Crippen LogP contribution in [0.1, 0.15) is 11.1 Å². The van der Waals surface area contributed by atoms with Crippen LogP contribution < -0.4 is 10.9 Å². The number of aliphatic hydroxyl groups is 1. The van der Waals surface area contributed by atoms with Crippen molar-refractivity contribution in [2.75, 3.05) is 11.9 Å². The number of benzene rings is 2. The van der Waals surface area contributed by atoms with Crippen molar-refractivity contribution in [3.8, 4) is 17.1 Å². The second-order valence-electron chi connectivity index (χ2n) is 8.17. The van der Waals surface area contributed by atoms with Gasteiger partial charge in [0.15, 0.2) is 0 Å². The maximum Gasteiger partial charge on any atom is 0.261 e. The first-order valence-electron chi connectivity index (χ1n) is 10.8. The Morgan fingerprint density at radius 1 is 1.24 bits per heavy atom. The van der Waals surface area contributed by atoms with E-state index in [0.29, 0.717) is 23.5 Å². The third kappa shape index (κ3) is 4.40. The van der Waals surface area contributed by atoms with Gasteiger partial charge in [-0.1, -0.05) is 28.1 Å². The lowest BCUT2D eigenvalue weighted by atomic mass is 10.1. The van der Waals surface area contributed by atoms with E-state index in [-0.39, 0.29) is 18.2 Å². The number of rotatable bonds is 7. The van der Waals surface area contributed by atoms with Crippen LogP contribution in [0.3, 0.4) is 0 Å². The minimum Gasteiger partial charge on any atom is -0.394 e. The molecule has 0 aliphatic rings. The Balaban J connectivity index is 1.52. The summed E-state index contributed by atoms with van der Waals surface area (Å²) in [5, 5.41) is 13.4. The van der Waals surface area contributed by atoms with Crippen LogP contribution in [0.25, 0.3) is 28.1 Å². The van der Waals surface area contributed by atoms with Gasteiger partial charge in [-0.2, -0.15) is 0 Å². The predicted molar refractivity (Wildman–Crippen MR) is 136 cm³/mol. The van der Waals surface area contributed by atoms with Gasteiger partial charge in [0.1, 0.15) is 11.4 Å². The highest BCUT2D eigenvalue weighted by atomic mass is 79.9. The second kappa shape index (κ2) is 9.28. The van der Waals surface area contributed by atoms with Gasteiger partial charge < -0.3 is 25.0 Å². The van der Waals surface area contributed by atoms with E-state index in [0.717, 1.165) is 32.3 Å². The molecule has 2 aromatic carbocycles. The van der Waals surface area contributed by atoms with Gasteiger partial charge in [0, 0.05) is 28.8 Å². The SMILES string of the molecule is Cc1cc(-n2ccnc2)cc2[nH]c(-c3c(N[C@H](CO)Cc4cccc(Br)c4)cc[nH]c3=O)nc12. The molecule has 0 spiro atoms. The molecule has 4 N–H and O–H groups in total. The Labute approximate surface area is 203 Å². The molecule has 0 aliphatic carbocycles. The van der Waals surface area contributed by atoms with Crippen LogP contribution in [-0.4, -0.2) is 42.3 Å². The number of imidazole rings is 2. The lowest BCUT2D eigenvalue weighted by Crippen LogP contribution is -2.28. The van der Waals surface area contributed by atoms with Gasteiger partial charge in [0.05, 0.1) is 35.7 Å². The smallest absolute Gasteiger partial charge is 0.261 e. The minimum absolute atomic E-state index is 0.0910. The predicted octanol–water partition coefficient (Wildman–Crippen LogP) is 4.19. The number of H-pyrrole nitrogens is 2. The van der Waals surface area contributed by atoms with Gasteiger partial charge in [-0.3, -0.25) is 4.79 Å². The molecule has 0 radical (unpaired) electrons. The molecule has 9 heteroatoms. The molecule has 0 saturated heterocycles. The monoisotopic (exact) mass is 518 g/mol. The van der Waals surface area contributed by atoms with E-state index < -0.39 is 0 Å². The van der Waals surface area contributed by atoms with E-state index in [9.17, 15) is 9.90 Å². The third-order valence-electron chi connectivity index (χ3n) is 5.71. The van der Waals surface area contributed by atoms with Gasteiger partial charge >= 0.3 is 0 Å². The molecule has 1 atom stereocenters. The molecular formula is C25H23BrN6O2. The summed E-state index contributed by atoms with van der Waals surface area (Å²) in [6.07, 6.45) is 7.53. The average molecular weight is 519 g/mol. The summed E-state index contributed by atoms with van der Waals surface area (Å²) in [7, 11) is 0. The number of hydrogen-bond acceptors (Lipinski definition) is 5. The highest BCUT2D eigenvalue weighted by Gasteiger charge is 2.18. The van der Waals surface area contributed by atoms with Crippen LogP contribution in [0.4, 0.5) is 5.69 Å². The number of anilines is 1. The van der Waals surface area contributed by atoms with Crippen molar-refractivity contribution in [1.29, 1.82) is 0 Å². The fourth-order valence-electron chi connectivity index (χ4n) is 4.11. The standard InChI is InChI=1S/C25H23BrN6O2/c1-15-9-19(32-8-7-27-14-32)12-21-23(15)31-24(30-21)22-20(5-6-28-25(22)34)29-18(13-33)11-16-3-2-4-17(26)10-16/h2-10,12,14,18,33H,11,13H2,1H3,(H,30,31)(H2,28,29,34)/t18-/m0/s1. The molecule has 3 aromatic heterocycles. The van der Waals surface area contributed by atoms with Crippen molar-refractivity contribution in [3.05, 3.63) is 93.3 Å². The summed E-state index contributed by atoms with van der Waals surface area (Å²) in [4.78, 5) is 27.8. The molecule has 3 heterocycles. The first-order valence-corrected chi connectivity index (χ1v) is 11.6. The van der Waals surface area contributed by atoms with Crippen LogP contribution in [0.5, 0.6) is 0 Å². The summed E-state index contributed by atoms with van der Waals surface area (Å²) in [5.74, 6) is 0.462. The molecule has 0 amide bonds. The molecule has 172 valence electrons. The van der Waals surface area contributed by atoms with E-state index in [1.165, 1.54) is 0 Å². The van der Waals surface area contributed by atoms with Crippen molar-refractivity contribution in [3.63, 3.8) is 0 Å². The Morgan fingerprint density at radius 3 is 2.88 bits per heavy atom. The lowest BCUT2D eigenvalue weighted by molar-refractivity contribution is 0.273. The molecule has 0 aliphatic heterocycles. The summed E-state index contributed by atoms with van der Waals surface area (Å²) in [6.45, 7) is 1.90. The summed E-state index contributed by atoms with van der Waals surface area (Å²) in [5.41, 5.74) is 5.34. The van der Waals surface area contributed by atoms with Crippen molar-refractivity contribution in [2.45, 2.75) is 19.4 Å². The van der Waals surface area contributed by atoms with E-state index >= 15 is 0 Å². The van der Waals surface area contributed by atoms with E-state index in [1.54, 1.807) is 24.8 Å². The fraction of sp³-hybridized carbons (Fsp3) is 0.160. The molecule has 0 bridgehead atoms. The Hall–Kier alpha value is -3.69. The Bertz CT molecular complexity index is 1510. The highest BCUT2D eigenvalue weighted by Crippen LogP contribution is 2.28. The third-order valence-corrected chi connectivity index (χ3v) is 6.21. The first kappa shape index (κ1) is 22.1. The van der Waals surface area contributed by atoms with Gasteiger partial charge in [-0.05, 0) is 54.8 Å². The van der Waals surface area contributed by atoms with E-state index in [1.807, 2.05) is 54.1 Å². The molecule has 0 saturated carbocycles. The molecule has 8 nitrogen and oxygen atoms in total. The molecule has 34 heavy (non-hydrogen) atoms. The van der Waals surface area contributed by atoms with Crippen molar-refractivity contribution in [2.24, 2.45) is 0 Å². The number of fused-ring (bicyclic) bond motifs is 1. The summed E-state index contributed by atoms with van der Waals surface area (Å²) >= 11 is 3.49. The number of aliphatic hydroxyl groups excluding tert-OH is 1. The van der Waals surface area contributed by atoms with Crippen molar-refractivity contribution < 1.29 is 5.11 Å². The van der Waals surface area contributed by atoms with Gasteiger partial charge in [0.2, 0.25) is 0 Å². The van der Waals surface area contributed by atoms with E-state index in [4.69, 9.17) is 4.98 Å². The first-order chi connectivity index (χ1) is 16.5. The molecule has 0 unspecified atom stereocenters. The molecule has 5 rings (SSSR count). The van der Waals surface area contributed by atoms with Crippen LogP contribution in [0.15, 0.2) is 76.6 Å². The number of aryl methyl sites for hydroxylation is 1. The van der Waals surface area contributed by atoms with Gasteiger partial charge in [-0.25, -0.2) is 9.97 Å². The lowest BCUT2D eigenvalue weighted by Gasteiger charge is -2.19. The zero-order chi connectivity index (χ0) is 23.7. The quantitative estimate of drug-likeness (QED) is 0.258. The number of hydrogen-bond donors (Lipinski definition) is 4. The van der Waals surface area contributed by atoms with Crippen molar-refractivity contribution >= 4 is 32.7 Å². The number of halogens is 1. The van der Waals surface area contributed by atoms with Crippen LogP contribution in [0.2, 0.25) is 0 Å². The molecule has 5 aromatic rings. The number of pyridine rings is 1. The largest absolute Gasteiger partial charge is 0.394 e. The Kier molecular flexibility index (Phi) is 6.04. The number of nitrogens with zero attached hydrogens (tertiary/aromatic N) is 3. The number of aromatic nitrogens is 5. The number of nitrogens with one attached hydrogen (secondary N) is 3. The van der Waals surface area contributed by atoms with Crippen LogP contribution in [-0.2, 0) is 6.42 Å². The maximum absolute atomic E-state index is 12.9. The molecular weight excluding hydrogens is 496 g/mol. The average Bonchev–Trinajstić information content (AvgIpc) is 3.49. The topological polar surface area (TPSA) is 112 Å². The van der Waals surface area contributed by atoms with Crippen LogP contribution in [0, 0.1) is 6.92 Å². The van der Waals surface area contributed by atoms with Gasteiger partial charge in [-0.15, -0.1) is 0 Å². The maximum atomic E-state index is 12.9. The minimum atomic E-state index is -0.284. The highest BCUT2D eigenvalue weighted by molar-refractivity contribution is 9.10. The van der Waals surface area contributed by atoms with E-state index in [2.05, 4.69) is 36.2 Å². The Morgan fingerprint density at radius 2 is 2.12 bits per heavy atom. The van der Waals surface area contributed by atoms with Crippen molar-refractivity contribution in [1.82, 2.24) is 24.5 Å². The summed E-state index contributed by atoms with van der Waals surface area (Å²) < 4.78 is 2.90. The normalized spacial score (nSPS) is 12.2.